The van der Waals surface area contributed by atoms with Crippen molar-refractivity contribution in [2.24, 2.45) is 0 Å². The van der Waals surface area contributed by atoms with E-state index in [0.29, 0.717) is 5.02 Å². The summed E-state index contributed by atoms with van der Waals surface area (Å²) in [7, 11) is 0. The SMILES string of the molecule is Cc1csc(C(O)c2cc(Br)c(C)s2)c1Cl. The molecule has 1 nitrogen and oxygen atoms in total. The van der Waals surface area contributed by atoms with Crippen molar-refractivity contribution < 1.29 is 5.11 Å². The number of halogens is 2. The Hall–Kier alpha value is 0.130. The lowest BCUT2D eigenvalue weighted by Gasteiger charge is -2.06. The second-order valence-electron chi connectivity index (χ2n) is 3.55. The van der Waals surface area contributed by atoms with Crippen molar-refractivity contribution in [3.8, 4) is 0 Å². The highest BCUT2D eigenvalue weighted by molar-refractivity contribution is 9.10. The fourth-order valence-electron chi connectivity index (χ4n) is 1.38. The Labute approximate surface area is 116 Å². The molecule has 0 fully saturated rings. The number of rotatable bonds is 2. The number of aryl methyl sites for hydroxylation is 2. The lowest BCUT2D eigenvalue weighted by Crippen LogP contribution is -1.94. The van der Waals surface area contributed by atoms with Crippen LogP contribution in [-0.2, 0) is 0 Å². The average molecular weight is 338 g/mol. The summed E-state index contributed by atoms with van der Waals surface area (Å²) >= 11 is 12.7. The Morgan fingerprint density at radius 1 is 1.44 bits per heavy atom. The summed E-state index contributed by atoms with van der Waals surface area (Å²) < 4.78 is 1.04. The molecule has 0 aromatic carbocycles. The van der Waals surface area contributed by atoms with E-state index in [1.165, 1.54) is 16.2 Å². The van der Waals surface area contributed by atoms with Crippen LogP contribution in [-0.4, -0.2) is 5.11 Å². The van der Waals surface area contributed by atoms with E-state index in [9.17, 15) is 5.11 Å². The maximum absolute atomic E-state index is 10.2. The zero-order valence-electron chi connectivity index (χ0n) is 8.75. The summed E-state index contributed by atoms with van der Waals surface area (Å²) in [5.74, 6) is 0. The summed E-state index contributed by atoms with van der Waals surface area (Å²) in [5, 5.41) is 12.9. The van der Waals surface area contributed by atoms with Crippen LogP contribution in [0.4, 0.5) is 0 Å². The van der Waals surface area contributed by atoms with Gasteiger partial charge in [0.05, 0.1) is 9.90 Å². The van der Waals surface area contributed by atoms with Crippen LogP contribution >= 0.6 is 50.2 Å². The molecule has 0 aliphatic carbocycles. The van der Waals surface area contributed by atoms with Crippen LogP contribution in [0.25, 0.3) is 0 Å². The highest BCUT2D eigenvalue weighted by Gasteiger charge is 2.19. The quantitative estimate of drug-likeness (QED) is 0.824. The van der Waals surface area contributed by atoms with Gasteiger partial charge in [-0.1, -0.05) is 11.6 Å². The van der Waals surface area contributed by atoms with Gasteiger partial charge >= 0.3 is 0 Å². The summed E-state index contributed by atoms with van der Waals surface area (Å²) in [6, 6.07) is 1.95. The Morgan fingerprint density at radius 2 is 2.12 bits per heavy atom. The van der Waals surface area contributed by atoms with Crippen LogP contribution < -0.4 is 0 Å². The van der Waals surface area contributed by atoms with Gasteiger partial charge in [-0.2, -0.15) is 0 Å². The first kappa shape index (κ1) is 12.6. The molecule has 0 saturated heterocycles. The molecule has 0 aliphatic heterocycles. The van der Waals surface area contributed by atoms with E-state index in [4.69, 9.17) is 11.6 Å². The largest absolute Gasteiger partial charge is 0.382 e. The molecular formula is C11H10BrClOS2. The summed E-state index contributed by atoms with van der Waals surface area (Å²) in [6.45, 7) is 3.97. The average Bonchev–Trinajstić information content (AvgIpc) is 2.73. The molecule has 2 heterocycles. The smallest absolute Gasteiger partial charge is 0.124 e. The maximum Gasteiger partial charge on any atom is 0.124 e. The van der Waals surface area contributed by atoms with Crippen molar-refractivity contribution in [2.45, 2.75) is 20.0 Å². The normalized spacial score (nSPS) is 13.1. The molecule has 0 saturated carbocycles. The van der Waals surface area contributed by atoms with Crippen LogP contribution in [0.1, 0.15) is 26.3 Å². The van der Waals surface area contributed by atoms with E-state index >= 15 is 0 Å². The lowest BCUT2D eigenvalue weighted by molar-refractivity contribution is 0.228. The lowest BCUT2D eigenvalue weighted by atomic mass is 10.2. The topological polar surface area (TPSA) is 20.2 Å². The summed E-state index contributed by atoms with van der Waals surface area (Å²) in [5.41, 5.74) is 1.02. The Bertz CT molecular complexity index is 499. The number of aliphatic hydroxyl groups is 1. The molecule has 86 valence electrons. The molecule has 2 aromatic rings. The van der Waals surface area contributed by atoms with Crippen molar-refractivity contribution in [1.29, 1.82) is 0 Å². The molecule has 0 aliphatic rings. The molecule has 1 atom stereocenters. The summed E-state index contributed by atoms with van der Waals surface area (Å²) in [4.78, 5) is 2.92. The van der Waals surface area contributed by atoms with E-state index in [1.54, 1.807) is 11.3 Å². The van der Waals surface area contributed by atoms with E-state index in [2.05, 4.69) is 15.9 Å². The van der Waals surface area contributed by atoms with E-state index in [-0.39, 0.29) is 0 Å². The van der Waals surface area contributed by atoms with E-state index in [1.807, 2.05) is 25.3 Å². The monoisotopic (exact) mass is 336 g/mol. The van der Waals surface area contributed by atoms with Crippen molar-refractivity contribution >= 4 is 50.2 Å². The van der Waals surface area contributed by atoms with Gasteiger partial charge in [0.2, 0.25) is 0 Å². The fourth-order valence-corrected chi connectivity index (χ4v) is 4.31. The van der Waals surface area contributed by atoms with Gasteiger partial charge < -0.3 is 5.11 Å². The number of hydrogen-bond acceptors (Lipinski definition) is 3. The molecule has 1 unspecified atom stereocenters. The molecular weight excluding hydrogens is 328 g/mol. The standard InChI is InChI=1S/C11H10BrClOS2/c1-5-4-15-11(9(5)13)10(14)8-3-7(12)6(2)16-8/h3-4,10,14H,1-2H3. The van der Waals surface area contributed by atoms with Crippen LogP contribution in [0.15, 0.2) is 15.9 Å². The highest BCUT2D eigenvalue weighted by atomic mass is 79.9. The van der Waals surface area contributed by atoms with E-state index in [0.717, 1.165) is 19.8 Å². The number of hydrogen-bond donors (Lipinski definition) is 1. The molecule has 2 aromatic heterocycles. The predicted octanol–water partition coefficient (Wildman–Crippen LogP) is 4.92. The molecule has 2 rings (SSSR count). The minimum atomic E-state index is -0.610. The second kappa shape index (κ2) is 4.78. The van der Waals surface area contributed by atoms with Gasteiger partial charge in [-0.15, -0.1) is 22.7 Å². The zero-order valence-corrected chi connectivity index (χ0v) is 12.7. The fraction of sp³-hybridized carbons (Fsp3) is 0.273. The first-order chi connectivity index (χ1) is 7.50. The summed E-state index contributed by atoms with van der Waals surface area (Å²) in [6.07, 6.45) is -0.610. The molecule has 0 radical (unpaired) electrons. The van der Waals surface area contributed by atoms with Crippen molar-refractivity contribution in [2.75, 3.05) is 0 Å². The number of thiophene rings is 2. The minimum Gasteiger partial charge on any atom is -0.382 e. The van der Waals surface area contributed by atoms with Gasteiger partial charge in [0.1, 0.15) is 6.10 Å². The minimum absolute atomic E-state index is 0.610. The predicted molar refractivity (Wildman–Crippen MR) is 74.9 cm³/mol. The highest BCUT2D eigenvalue weighted by Crippen LogP contribution is 2.39. The first-order valence-corrected chi connectivity index (χ1v) is 7.54. The van der Waals surface area contributed by atoms with Crippen LogP contribution in [0.2, 0.25) is 5.02 Å². The van der Waals surface area contributed by atoms with Gasteiger partial charge in [0, 0.05) is 14.2 Å². The van der Waals surface area contributed by atoms with Gasteiger partial charge in [-0.25, -0.2) is 0 Å². The van der Waals surface area contributed by atoms with Crippen LogP contribution in [0, 0.1) is 13.8 Å². The van der Waals surface area contributed by atoms with Crippen LogP contribution in [0.3, 0.4) is 0 Å². The third-order valence-corrected chi connectivity index (χ3v) is 6.27. The molecule has 0 bridgehead atoms. The van der Waals surface area contributed by atoms with E-state index < -0.39 is 6.10 Å². The van der Waals surface area contributed by atoms with Crippen molar-refractivity contribution in [3.63, 3.8) is 0 Å². The Morgan fingerprint density at radius 3 is 2.56 bits per heavy atom. The molecule has 16 heavy (non-hydrogen) atoms. The molecule has 0 amide bonds. The van der Waals surface area contributed by atoms with Crippen molar-refractivity contribution in [3.05, 3.63) is 41.1 Å². The van der Waals surface area contributed by atoms with Gasteiger partial charge in [0.15, 0.2) is 0 Å². The second-order valence-corrected chi connectivity index (χ2v) is 6.98. The third kappa shape index (κ3) is 2.22. The Kier molecular flexibility index (Phi) is 3.76. The molecule has 5 heteroatoms. The Balaban J connectivity index is 2.38. The van der Waals surface area contributed by atoms with Crippen molar-refractivity contribution in [1.82, 2.24) is 0 Å². The molecule has 1 N–H and O–H groups in total. The van der Waals surface area contributed by atoms with Gasteiger partial charge in [-0.3, -0.25) is 0 Å². The first-order valence-electron chi connectivity index (χ1n) is 4.68. The molecule has 0 spiro atoms. The maximum atomic E-state index is 10.2. The van der Waals surface area contributed by atoms with Gasteiger partial charge in [0.25, 0.3) is 0 Å². The van der Waals surface area contributed by atoms with Crippen LogP contribution in [0.5, 0.6) is 0 Å². The van der Waals surface area contributed by atoms with Gasteiger partial charge in [-0.05, 0) is 46.8 Å². The zero-order chi connectivity index (χ0) is 11.9. The third-order valence-electron chi connectivity index (χ3n) is 2.32. The number of aliphatic hydroxyl groups excluding tert-OH is 1.